The number of hydrogen-bond donors (Lipinski definition) is 1. The molecule has 2 fully saturated rings. The molecule has 9 heteroatoms. The molecule has 2 aromatic rings. The highest BCUT2D eigenvalue weighted by molar-refractivity contribution is 6.30. The van der Waals surface area contributed by atoms with Crippen LogP contribution in [-0.2, 0) is 6.18 Å². The first-order valence-corrected chi connectivity index (χ1v) is 9.63. The summed E-state index contributed by atoms with van der Waals surface area (Å²) in [6.07, 6.45) is -1.64. The molecule has 0 radical (unpaired) electrons. The van der Waals surface area contributed by atoms with Gasteiger partial charge in [-0.15, -0.1) is 0 Å². The van der Waals surface area contributed by atoms with Crippen molar-refractivity contribution >= 4 is 28.9 Å². The lowest BCUT2D eigenvalue weighted by molar-refractivity contribution is -0.137. The quantitative estimate of drug-likeness (QED) is 0.749. The van der Waals surface area contributed by atoms with Crippen LogP contribution in [0.1, 0.15) is 29.9 Å². The summed E-state index contributed by atoms with van der Waals surface area (Å²) in [5, 5.41) is 2.45. The van der Waals surface area contributed by atoms with Crippen LogP contribution in [0.5, 0.6) is 0 Å². The van der Waals surface area contributed by atoms with E-state index in [1.807, 2.05) is 12.1 Å². The Morgan fingerprint density at radius 1 is 1.14 bits per heavy atom. The van der Waals surface area contributed by atoms with Gasteiger partial charge in [-0.25, -0.2) is 9.97 Å². The second kappa shape index (κ2) is 7.40. The van der Waals surface area contributed by atoms with Gasteiger partial charge in [-0.3, -0.25) is 0 Å². The molecule has 1 N–H and O–H groups in total. The van der Waals surface area contributed by atoms with Crippen molar-refractivity contribution in [3.05, 3.63) is 40.7 Å². The Labute approximate surface area is 166 Å². The highest BCUT2D eigenvalue weighted by Crippen LogP contribution is 2.45. The highest BCUT2D eigenvalue weighted by atomic mass is 35.5. The van der Waals surface area contributed by atoms with Crippen molar-refractivity contribution in [3.63, 3.8) is 0 Å². The Hall–Kier alpha value is -2.06. The van der Waals surface area contributed by atoms with Crippen LogP contribution in [0, 0.1) is 0 Å². The Morgan fingerprint density at radius 2 is 1.86 bits per heavy atom. The van der Waals surface area contributed by atoms with Crippen molar-refractivity contribution in [1.29, 1.82) is 0 Å². The maximum atomic E-state index is 12.8. The molecule has 0 spiro atoms. The number of halogens is 4. The summed E-state index contributed by atoms with van der Waals surface area (Å²) in [7, 11) is 2.12. The van der Waals surface area contributed by atoms with Gasteiger partial charge in [0.05, 0.1) is 0 Å². The Morgan fingerprint density at radius 3 is 2.46 bits per heavy atom. The lowest BCUT2D eigenvalue weighted by Gasteiger charge is -2.34. The number of anilines is 3. The van der Waals surface area contributed by atoms with Gasteiger partial charge in [-0.2, -0.15) is 13.2 Å². The summed E-state index contributed by atoms with van der Waals surface area (Å²) in [5.41, 5.74) is 2.10. The molecule has 1 saturated carbocycles. The lowest BCUT2D eigenvalue weighted by Crippen LogP contribution is -2.44. The molecule has 5 nitrogen and oxygen atoms in total. The monoisotopic (exact) mass is 411 g/mol. The molecule has 1 aliphatic carbocycles. The average molecular weight is 412 g/mol. The van der Waals surface area contributed by atoms with Crippen LogP contribution < -0.4 is 10.2 Å². The molecule has 1 saturated heterocycles. The third-order valence-corrected chi connectivity index (χ3v) is 5.50. The number of nitrogens with zero attached hydrogens (tertiary/aromatic N) is 4. The van der Waals surface area contributed by atoms with Gasteiger partial charge in [-0.05, 0) is 49.6 Å². The van der Waals surface area contributed by atoms with Crippen molar-refractivity contribution in [2.75, 3.05) is 43.4 Å². The molecular formula is C19H21ClF3N5. The van der Waals surface area contributed by atoms with Crippen molar-refractivity contribution in [3.8, 4) is 0 Å². The van der Waals surface area contributed by atoms with Gasteiger partial charge in [0.15, 0.2) is 0 Å². The SMILES string of the molecule is CN1CCN(c2ccc(Nc3ncc(C(F)(F)F)c(Cl)n3)c(C3CC3)c2)CC1. The first-order valence-electron chi connectivity index (χ1n) is 9.25. The maximum absolute atomic E-state index is 12.8. The standard InChI is InChI=1S/C19H21ClF3N5/c1-27-6-8-28(9-7-27)13-4-5-16(14(10-13)12-2-3-12)25-18-24-11-15(17(20)26-18)19(21,22)23/h4-5,10-12H,2-3,6-9H2,1H3,(H,24,25,26). The molecule has 1 aromatic carbocycles. The summed E-state index contributed by atoms with van der Waals surface area (Å²) in [6, 6.07) is 6.17. The second-order valence-corrected chi connectivity index (χ2v) is 7.72. The normalized spacial score (nSPS) is 18.4. The van der Waals surface area contributed by atoms with Crippen LogP contribution in [0.3, 0.4) is 0 Å². The number of nitrogens with one attached hydrogen (secondary N) is 1. The predicted octanol–water partition coefficient (Wildman–Crippen LogP) is 4.52. The van der Waals surface area contributed by atoms with Gasteiger partial charge >= 0.3 is 6.18 Å². The largest absolute Gasteiger partial charge is 0.420 e. The van der Waals surface area contributed by atoms with E-state index in [2.05, 4.69) is 38.2 Å². The van der Waals surface area contributed by atoms with E-state index in [0.29, 0.717) is 12.1 Å². The number of rotatable bonds is 4. The number of aromatic nitrogens is 2. The van der Waals surface area contributed by atoms with Crippen molar-refractivity contribution in [2.45, 2.75) is 24.9 Å². The second-order valence-electron chi connectivity index (χ2n) is 7.36. The van der Waals surface area contributed by atoms with Crippen LogP contribution in [-0.4, -0.2) is 48.1 Å². The molecular weight excluding hydrogens is 391 g/mol. The molecule has 0 unspecified atom stereocenters. The number of hydrogen-bond acceptors (Lipinski definition) is 5. The van der Waals surface area contributed by atoms with E-state index >= 15 is 0 Å². The molecule has 1 aliphatic heterocycles. The van der Waals surface area contributed by atoms with Crippen LogP contribution in [0.25, 0.3) is 0 Å². The molecule has 1 aromatic heterocycles. The fourth-order valence-corrected chi connectivity index (χ4v) is 3.63. The zero-order valence-electron chi connectivity index (χ0n) is 15.4. The molecule has 0 atom stereocenters. The summed E-state index contributed by atoms with van der Waals surface area (Å²) in [6.45, 7) is 4.00. The zero-order chi connectivity index (χ0) is 19.9. The fraction of sp³-hybridized carbons (Fsp3) is 0.474. The minimum atomic E-state index is -4.57. The van der Waals surface area contributed by atoms with Gasteiger partial charge in [0.1, 0.15) is 10.7 Å². The van der Waals surface area contributed by atoms with Crippen molar-refractivity contribution in [2.24, 2.45) is 0 Å². The molecule has 28 heavy (non-hydrogen) atoms. The Bertz CT molecular complexity index is 861. The van der Waals surface area contributed by atoms with E-state index in [-0.39, 0.29) is 5.95 Å². The lowest BCUT2D eigenvalue weighted by atomic mass is 10.1. The van der Waals surface area contributed by atoms with Crippen molar-refractivity contribution < 1.29 is 13.2 Å². The van der Waals surface area contributed by atoms with E-state index in [1.54, 1.807) is 0 Å². The van der Waals surface area contributed by atoms with Gasteiger partial charge < -0.3 is 15.1 Å². The topological polar surface area (TPSA) is 44.3 Å². The van der Waals surface area contributed by atoms with Gasteiger partial charge in [0.25, 0.3) is 0 Å². The van der Waals surface area contributed by atoms with E-state index in [9.17, 15) is 13.2 Å². The third-order valence-electron chi connectivity index (χ3n) is 5.21. The van der Waals surface area contributed by atoms with E-state index in [0.717, 1.165) is 50.3 Å². The summed E-state index contributed by atoms with van der Waals surface area (Å²) in [5.74, 6) is 0.520. The predicted molar refractivity (Wildman–Crippen MR) is 103 cm³/mol. The number of piperazine rings is 1. The Balaban J connectivity index is 1.57. The summed E-state index contributed by atoms with van der Waals surface area (Å²) >= 11 is 5.71. The van der Waals surface area contributed by atoms with Gasteiger partial charge in [0.2, 0.25) is 5.95 Å². The maximum Gasteiger partial charge on any atom is 0.420 e. The zero-order valence-corrected chi connectivity index (χ0v) is 16.2. The molecule has 0 amide bonds. The van der Waals surface area contributed by atoms with E-state index in [4.69, 9.17) is 11.6 Å². The van der Waals surface area contributed by atoms with Crippen molar-refractivity contribution in [1.82, 2.24) is 14.9 Å². The fourth-order valence-electron chi connectivity index (χ4n) is 3.39. The number of benzene rings is 1. The molecule has 2 aliphatic rings. The molecule has 0 bridgehead atoms. The minimum Gasteiger partial charge on any atom is -0.369 e. The highest BCUT2D eigenvalue weighted by Gasteiger charge is 2.35. The van der Waals surface area contributed by atoms with Crippen LogP contribution in [0.15, 0.2) is 24.4 Å². The first kappa shape index (κ1) is 19.3. The minimum absolute atomic E-state index is 0.0623. The Kier molecular flexibility index (Phi) is 5.09. The summed E-state index contributed by atoms with van der Waals surface area (Å²) < 4.78 is 38.5. The molecule has 150 valence electrons. The van der Waals surface area contributed by atoms with Crippen LogP contribution in [0.2, 0.25) is 5.15 Å². The third kappa shape index (κ3) is 4.17. The molecule has 2 heterocycles. The van der Waals surface area contributed by atoms with E-state index < -0.39 is 16.9 Å². The van der Waals surface area contributed by atoms with Gasteiger partial charge in [0, 0.05) is 43.8 Å². The first-order chi connectivity index (χ1) is 13.3. The average Bonchev–Trinajstić information content (AvgIpc) is 3.47. The summed E-state index contributed by atoms with van der Waals surface area (Å²) in [4.78, 5) is 12.3. The smallest absolute Gasteiger partial charge is 0.369 e. The number of likely N-dealkylation sites (N-methyl/N-ethyl adjacent to an activating group) is 1. The van der Waals surface area contributed by atoms with Gasteiger partial charge in [-0.1, -0.05) is 11.6 Å². The van der Waals surface area contributed by atoms with Crippen LogP contribution in [0.4, 0.5) is 30.5 Å². The van der Waals surface area contributed by atoms with E-state index in [1.165, 1.54) is 5.69 Å². The number of alkyl halides is 3. The molecule has 4 rings (SSSR count). The van der Waals surface area contributed by atoms with Crippen LogP contribution >= 0.6 is 11.6 Å².